The van der Waals surface area contributed by atoms with E-state index in [1.807, 2.05) is 19.9 Å². The maximum Gasteiger partial charge on any atom is 0.348 e. The molecule has 0 aliphatic carbocycles. The summed E-state index contributed by atoms with van der Waals surface area (Å²) in [4.78, 5) is 18.1. The van der Waals surface area contributed by atoms with Gasteiger partial charge in [-0.25, -0.2) is 9.78 Å². The molecule has 0 spiro atoms. The molecule has 0 amide bonds. The topological polar surface area (TPSA) is 56.2 Å². The summed E-state index contributed by atoms with van der Waals surface area (Å²) in [6.07, 6.45) is 4.92. The lowest BCUT2D eigenvalue weighted by Crippen LogP contribution is -2.02. The zero-order chi connectivity index (χ0) is 13.4. The SMILES string of the molecule is Cc1sc2nc(C=Cc3ccco3)oc(=O)c2c1C. The van der Waals surface area contributed by atoms with E-state index in [0.29, 0.717) is 16.0 Å². The van der Waals surface area contributed by atoms with Crippen LogP contribution in [0.25, 0.3) is 22.4 Å². The number of furan rings is 1. The molecule has 3 aromatic heterocycles. The molecule has 19 heavy (non-hydrogen) atoms. The van der Waals surface area contributed by atoms with Crippen LogP contribution in [0.15, 0.2) is 32.0 Å². The molecule has 0 unspecified atom stereocenters. The lowest BCUT2D eigenvalue weighted by molar-refractivity contribution is 0.491. The van der Waals surface area contributed by atoms with E-state index in [1.54, 1.807) is 24.5 Å². The van der Waals surface area contributed by atoms with Crippen molar-refractivity contribution in [2.24, 2.45) is 0 Å². The molecule has 0 saturated heterocycles. The molecule has 3 heterocycles. The van der Waals surface area contributed by atoms with Gasteiger partial charge in [0.25, 0.3) is 0 Å². The van der Waals surface area contributed by atoms with E-state index in [9.17, 15) is 4.79 Å². The van der Waals surface area contributed by atoms with Crippen LogP contribution in [0, 0.1) is 13.8 Å². The average Bonchev–Trinajstić information content (AvgIpc) is 2.96. The second kappa shape index (κ2) is 4.51. The Morgan fingerprint density at radius 2 is 2.16 bits per heavy atom. The van der Waals surface area contributed by atoms with E-state index in [2.05, 4.69) is 4.98 Å². The quantitative estimate of drug-likeness (QED) is 0.715. The van der Waals surface area contributed by atoms with Gasteiger partial charge in [0.15, 0.2) is 0 Å². The Hall–Kier alpha value is -2.14. The molecule has 0 fully saturated rings. The van der Waals surface area contributed by atoms with Crippen molar-refractivity contribution < 1.29 is 8.83 Å². The predicted molar refractivity (Wildman–Crippen MR) is 75.3 cm³/mol. The average molecular weight is 273 g/mol. The normalized spacial score (nSPS) is 11.7. The van der Waals surface area contributed by atoms with Crippen LogP contribution in [0.2, 0.25) is 0 Å². The Morgan fingerprint density at radius 1 is 1.32 bits per heavy atom. The van der Waals surface area contributed by atoms with E-state index < -0.39 is 0 Å². The Balaban J connectivity index is 2.09. The third-order valence-corrected chi connectivity index (χ3v) is 4.01. The van der Waals surface area contributed by atoms with Crippen molar-refractivity contribution >= 4 is 33.7 Å². The van der Waals surface area contributed by atoms with Gasteiger partial charge in [0.05, 0.1) is 6.26 Å². The standard InChI is InChI=1S/C14H11NO3S/c1-8-9(2)19-13-12(8)14(16)18-11(15-13)6-5-10-4-3-7-17-10/h3-7H,1-2H3. The first-order valence-electron chi connectivity index (χ1n) is 5.77. The second-order valence-electron chi connectivity index (χ2n) is 4.15. The van der Waals surface area contributed by atoms with Crippen LogP contribution >= 0.6 is 11.3 Å². The number of aromatic nitrogens is 1. The molecule has 0 aromatic carbocycles. The number of hydrogen-bond donors (Lipinski definition) is 0. The van der Waals surface area contributed by atoms with Gasteiger partial charge in [-0.2, -0.15) is 0 Å². The minimum Gasteiger partial charge on any atom is -0.465 e. The molecule has 0 aliphatic heterocycles. The zero-order valence-corrected chi connectivity index (χ0v) is 11.3. The number of hydrogen-bond acceptors (Lipinski definition) is 5. The molecule has 0 N–H and O–H groups in total. The van der Waals surface area contributed by atoms with Gasteiger partial charge in [-0.1, -0.05) is 0 Å². The Morgan fingerprint density at radius 3 is 2.89 bits per heavy atom. The van der Waals surface area contributed by atoms with Crippen LogP contribution in [0.4, 0.5) is 0 Å². The number of rotatable bonds is 2. The van der Waals surface area contributed by atoms with Crippen LogP contribution < -0.4 is 5.63 Å². The van der Waals surface area contributed by atoms with Crippen molar-refractivity contribution in [1.29, 1.82) is 0 Å². The molecular weight excluding hydrogens is 262 g/mol. The fourth-order valence-corrected chi connectivity index (χ4v) is 2.83. The number of aryl methyl sites for hydroxylation is 2. The fourth-order valence-electron chi connectivity index (χ4n) is 1.81. The summed E-state index contributed by atoms with van der Waals surface area (Å²) in [7, 11) is 0. The summed E-state index contributed by atoms with van der Waals surface area (Å²) in [5.41, 5.74) is 0.605. The van der Waals surface area contributed by atoms with Crippen molar-refractivity contribution in [1.82, 2.24) is 4.98 Å². The molecule has 0 atom stereocenters. The van der Waals surface area contributed by atoms with Gasteiger partial charge in [-0.15, -0.1) is 11.3 Å². The van der Waals surface area contributed by atoms with E-state index in [-0.39, 0.29) is 11.5 Å². The van der Waals surface area contributed by atoms with Crippen LogP contribution in [-0.4, -0.2) is 4.98 Å². The maximum atomic E-state index is 11.9. The fraction of sp³-hybridized carbons (Fsp3) is 0.143. The number of thiophene rings is 1. The van der Waals surface area contributed by atoms with Crippen LogP contribution in [0.3, 0.4) is 0 Å². The van der Waals surface area contributed by atoms with Gasteiger partial charge in [0.2, 0.25) is 5.89 Å². The Labute approximate surface area is 113 Å². The van der Waals surface area contributed by atoms with Crippen molar-refractivity contribution in [2.75, 3.05) is 0 Å². The highest BCUT2D eigenvalue weighted by molar-refractivity contribution is 7.18. The lowest BCUT2D eigenvalue weighted by atomic mass is 10.2. The molecule has 96 valence electrons. The molecule has 3 aromatic rings. The zero-order valence-electron chi connectivity index (χ0n) is 10.5. The van der Waals surface area contributed by atoms with Crippen molar-refractivity contribution in [3.05, 3.63) is 50.9 Å². The third-order valence-electron chi connectivity index (χ3n) is 2.91. The molecule has 3 rings (SSSR count). The third kappa shape index (κ3) is 2.13. The highest BCUT2D eigenvalue weighted by Crippen LogP contribution is 2.26. The summed E-state index contributed by atoms with van der Waals surface area (Å²) in [5, 5.41) is 0.581. The smallest absolute Gasteiger partial charge is 0.348 e. The minimum absolute atomic E-state index is 0.287. The molecule has 4 nitrogen and oxygen atoms in total. The van der Waals surface area contributed by atoms with Crippen molar-refractivity contribution in [3.8, 4) is 0 Å². The van der Waals surface area contributed by atoms with E-state index in [1.165, 1.54) is 11.3 Å². The monoisotopic (exact) mass is 273 g/mol. The highest BCUT2D eigenvalue weighted by Gasteiger charge is 2.12. The number of fused-ring (bicyclic) bond motifs is 1. The van der Waals surface area contributed by atoms with E-state index in [0.717, 1.165) is 10.4 Å². The first-order valence-corrected chi connectivity index (χ1v) is 6.59. The van der Waals surface area contributed by atoms with Crippen LogP contribution in [0.1, 0.15) is 22.1 Å². The minimum atomic E-state index is -0.342. The van der Waals surface area contributed by atoms with Crippen LogP contribution in [-0.2, 0) is 0 Å². The summed E-state index contributed by atoms with van der Waals surface area (Å²) in [5.74, 6) is 0.971. The van der Waals surface area contributed by atoms with Gasteiger partial charge < -0.3 is 8.83 Å². The van der Waals surface area contributed by atoms with Gasteiger partial charge in [0.1, 0.15) is 16.0 Å². The van der Waals surface area contributed by atoms with Gasteiger partial charge in [-0.3, -0.25) is 0 Å². The molecule has 0 saturated carbocycles. The Bertz CT molecular complexity index is 809. The van der Waals surface area contributed by atoms with Gasteiger partial charge >= 0.3 is 5.63 Å². The Kier molecular flexibility index (Phi) is 2.83. The second-order valence-corrected chi connectivity index (χ2v) is 5.35. The summed E-state index contributed by atoms with van der Waals surface area (Å²) in [6, 6.07) is 3.60. The molecule has 0 aliphatic rings. The lowest BCUT2D eigenvalue weighted by Gasteiger charge is -1.93. The van der Waals surface area contributed by atoms with Crippen molar-refractivity contribution in [3.63, 3.8) is 0 Å². The highest BCUT2D eigenvalue weighted by atomic mass is 32.1. The maximum absolute atomic E-state index is 11.9. The van der Waals surface area contributed by atoms with Crippen LogP contribution in [0.5, 0.6) is 0 Å². The summed E-state index contributed by atoms with van der Waals surface area (Å²) >= 11 is 1.50. The number of nitrogens with zero attached hydrogens (tertiary/aromatic N) is 1. The van der Waals surface area contributed by atoms with Gasteiger partial charge in [-0.05, 0) is 37.6 Å². The van der Waals surface area contributed by atoms with Crippen molar-refractivity contribution in [2.45, 2.75) is 13.8 Å². The molecule has 5 heteroatoms. The predicted octanol–water partition coefficient (Wildman–Crippen LogP) is 3.63. The summed E-state index contributed by atoms with van der Waals surface area (Å²) < 4.78 is 10.4. The largest absolute Gasteiger partial charge is 0.465 e. The summed E-state index contributed by atoms with van der Waals surface area (Å²) in [6.45, 7) is 3.88. The first-order chi connectivity index (χ1) is 9.15. The first kappa shape index (κ1) is 11.9. The van der Waals surface area contributed by atoms with E-state index >= 15 is 0 Å². The van der Waals surface area contributed by atoms with Gasteiger partial charge in [0, 0.05) is 11.0 Å². The van der Waals surface area contributed by atoms with E-state index in [4.69, 9.17) is 8.83 Å². The molecule has 0 bridgehead atoms. The molecule has 0 radical (unpaired) electrons. The molecular formula is C14H11NO3S.